The minimum absolute atomic E-state index is 0.0337. The molecular formula is C39H36Cl2N2O4. The average molecular weight is 668 g/mol. The number of amides is 1. The number of benzene rings is 5. The molecule has 1 amide bonds. The van der Waals surface area contributed by atoms with E-state index < -0.39 is 17.9 Å². The first-order valence-corrected chi connectivity index (χ1v) is 16.0. The molecule has 0 saturated carbocycles. The van der Waals surface area contributed by atoms with Gasteiger partial charge in [-0.2, -0.15) is 0 Å². The quantitative estimate of drug-likeness (QED) is 0.131. The molecule has 0 saturated heterocycles. The van der Waals surface area contributed by atoms with Crippen molar-refractivity contribution in [3.05, 3.63) is 148 Å². The van der Waals surface area contributed by atoms with Crippen LogP contribution in [0.2, 0.25) is 10.0 Å². The lowest BCUT2D eigenvalue weighted by atomic mass is 9.87. The number of ether oxygens (including phenoxy) is 1. The summed E-state index contributed by atoms with van der Waals surface area (Å²) in [5, 5.41) is 16.9. The van der Waals surface area contributed by atoms with Crippen LogP contribution in [-0.4, -0.2) is 23.0 Å². The Morgan fingerprint density at radius 3 is 2.00 bits per heavy atom. The first kappa shape index (κ1) is 33.6. The maximum absolute atomic E-state index is 13.8. The number of carboxylic acid groups (broad SMARTS) is 1. The van der Waals surface area contributed by atoms with Crippen molar-refractivity contribution in [3.8, 4) is 22.6 Å². The smallest absolute Gasteiger partial charge is 0.326 e. The number of halogens is 2. The van der Waals surface area contributed by atoms with E-state index in [2.05, 4.69) is 55.7 Å². The third kappa shape index (κ3) is 8.94. The summed E-state index contributed by atoms with van der Waals surface area (Å²) in [6.07, 6.45) is 0.110. The maximum Gasteiger partial charge on any atom is 0.326 e. The number of hydrogen-bond donors (Lipinski definition) is 3. The Bertz CT molecular complexity index is 1850. The minimum Gasteiger partial charge on any atom is -0.480 e. The van der Waals surface area contributed by atoms with Crippen molar-refractivity contribution in [1.82, 2.24) is 5.32 Å². The molecule has 0 heterocycles. The second-order valence-electron chi connectivity index (χ2n) is 12.3. The van der Waals surface area contributed by atoms with E-state index in [4.69, 9.17) is 27.9 Å². The van der Waals surface area contributed by atoms with E-state index in [9.17, 15) is 14.7 Å². The fourth-order valence-electron chi connectivity index (χ4n) is 5.06. The molecule has 8 heteroatoms. The highest BCUT2D eigenvalue weighted by molar-refractivity contribution is 6.42. The van der Waals surface area contributed by atoms with E-state index in [0.717, 1.165) is 22.3 Å². The predicted octanol–water partition coefficient (Wildman–Crippen LogP) is 9.79. The van der Waals surface area contributed by atoms with Crippen molar-refractivity contribution in [1.29, 1.82) is 0 Å². The van der Waals surface area contributed by atoms with Crippen LogP contribution in [0.3, 0.4) is 0 Å². The van der Waals surface area contributed by atoms with Gasteiger partial charge in [-0.25, -0.2) is 4.79 Å². The Morgan fingerprint density at radius 1 is 0.745 bits per heavy atom. The third-order valence-electron chi connectivity index (χ3n) is 7.77. The summed E-state index contributed by atoms with van der Waals surface area (Å²) >= 11 is 12.2. The summed E-state index contributed by atoms with van der Waals surface area (Å²) < 4.78 is 6.00. The largest absolute Gasteiger partial charge is 0.480 e. The fraction of sp³-hybridized carbons (Fsp3) is 0.179. The Balaban J connectivity index is 1.37. The van der Waals surface area contributed by atoms with E-state index in [-0.39, 0.29) is 17.4 Å². The molecule has 5 aromatic carbocycles. The Kier molecular flexibility index (Phi) is 10.5. The van der Waals surface area contributed by atoms with Crippen molar-refractivity contribution < 1.29 is 19.4 Å². The van der Waals surface area contributed by atoms with Crippen LogP contribution >= 0.6 is 23.2 Å². The van der Waals surface area contributed by atoms with Gasteiger partial charge in [0.05, 0.1) is 15.6 Å². The van der Waals surface area contributed by atoms with Crippen molar-refractivity contribution in [3.63, 3.8) is 0 Å². The van der Waals surface area contributed by atoms with E-state index in [1.54, 1.807) is 36.4 Å². The zero-order valence-electron chi connectivity index (χ0n) is 26.4. The highest BCUT2D eigenvalue weighted by Crippen LogP contribution is 2.32. The zero-order valence-corrected chi connectivity index (χ0v) is 27.9. The molecule has 5 aromatic rings. The van der Waals surface area contributed by atoms with Crippen LogP contribution in [0.25, 0.3) is 11.1 Å². The van der Waals surface area contributed by atoms with Gasteiger partial charge in [-0.1, -0.05) is 123 Å². The van der Waals surface area contributed by atoms with Crippen molar-refractivity contribution in [2.75, 3.05) is 5.32 Å². The van der Waals surface area contributed by atoms with Crippen LogP contribution in [0.15, 0.2) is 115 Å². The molecule has 6 nitrogen and oxygen atoms in total. The number of rotatable bonds is 11. The number of carbonyl (C=O) groups excluding carboxylic acids is 1. The standard InChI is InChI=1S/C39H36Cl2N2O4/c1-39(2,3)29-15-11-26(12-16-29)24-42-35-20-18-30(47-31-17-19-33(40)34(41)23-31)22-32(35)37(44)43-36(38(45)46)21-25-9-13-28(14-10-25)27-7-5-4-6-8-27/h4-20,22-23,36,42H,21,24H2,1-3H3,(H,43,44)(H,45,46)/t36-/m0/s1. The first-order chi connectivity index (χ1) is 22.5. The molecule has 0 aliphatic heterocycles. The van der Waals surface area contributed by atoms with Crippen LogP contribution < -0.4 is 15.4 Å². The van der Waals surface area contributed by atoms with Gasteiger partial charge in [-0.3, -0.25) is 4.79 Å². The Morgan fingerprint density at radius 2 is 1.36 bits per heavy atom. The monoisotopic (exact) mass is 666 g/mol. The summed E-state index contributed by atoms with van der Waals surface area (Å²) in [5.74, 6) is -0.879. The summed E-state index contributed by atoms with van der Waals surface area (Å²) in [6.45, 7) is 6.94. The normalized spacial score (nSPS) is 11.9. The molecule has 0 aliphatic rings. The summed E-state index contributed by atoms with van der Waals surface area (Å²) in [4.78, 5) is 26.1. The van der Waals surface area contributed by atoms with E-state index >= 15 is 0 Å². The van der Waals surface area contributed by atoms with Gasteiger partial charge in [0.2, 0.25) is 0 Å². The Labute approximate surface area is 285 Å². The van der Waals surface area contributed by atoms with Crippen molar-refractivity contribution in [2.45, 2.75) is 45.2 Å². The molecule has 0 aliphatic carbocycles. The third-order valence-corrected chi connectivity index (χ3v) is 8.51. The summed E-state index contributed by atoms with van der Waals surface area (Å²) in [5.41, 5.74) is 5.92. The van der Waals surface area contributed by atoms with Gasteiger partial charge in [0, 0.05) is 24.7 Å². The van der Waals surface area contributed by atoms with Crippen LogP contribution in [-0.2, 0) is 23.2 Å². The second kappa shape index (κ2) is 14.8. The molecule has 3 N–H and O–H groups in total. The molecule has 1 atom stereocenters. The summed E-state index contributed by atoms with van der Waals surface area (Å²) in [7, 11) is 0. The van der Waals surface area contributed by atoms with Crippen LogP contribution in [0.5, 0.6) is 11.5 Å². The molecule has 0 fully saturated rings. The van der Waals surface area contributed by atoms with Gasteiger partial charge in [0.25, 0.3) is 5.91 Å². The summed E-state index contributed by atoms with van der Waals surface area (Å²) in [6, 6.07) is 34.7. The second-order valence-corrected chi connectivity index (χ2v) is 13.1. The van der Waals surface area contributed by atoms with Gasteiger partial charge in [-0.15, -0.1) is 0 Å². The maximum atomic E-state index is 13.8. The zero-order chi connectivity index (χ0) is 33.6. The highest BCUT2D eigenvalue weighted by atomic mass is 35.5. The fourth-order valence-corrected chi connectivity index (χ4v) is 5.35. The van der Waals surface area contributed by atoms with E-state index in [0.29, 0.717) is 33.8 Å². The lowest BCUT2D eigenvalue weighted by molar-refractivity contribution is -0.139. The van der Waals surface area contributed by atoms with Gasteiger partial charge in [-0.05, 0) is 63.6 Å². The molecule has 0 bridgehead atoms. The highest BCUT2D eigenvalue weighted by Gasteiger charge is 2.23. The molecule has 47 heavy (non-hydrogen) atoms. The average Bonchev–Trinajstić information content (AvgIpc) is 3.06. The van der Waals surface area contributed by atoms with Crippen LogP contribution in [0.4, 0.5) is 5.69 Å². The molecule has 0 radical (unpaired) electrons. The lowest BCUT2D eigenvalue weighted by Gasteiger charge is -2.20. The molecule has 0 spiro atoms. The lowest BCUT2D eigenvalue weighted by Crippen LogP contribution is -2.42. The van der Waals surface area contributed by atoms with Crippen molar-refractivity contribution in [2.24, 2.45) is 0 Å². The topological polar surface area (TPSA) is 87.7 Å². The molecule has 0 unspecified atom stereocenters. The molecule has 0 aromatic heterocycles. The molecule has 5 rings (SSSR count). The molecule has 240 valence electrons. The van der Waals surface area contributed by atoms with E-state index in [1.807, 2.05) is 54.6 Å². The van der Waals surface area contributed by atoms with Crippen LogP contribution in [0.1, 0.15) is 47.8 Å². The first-order valence-electron chi connectivity index (χ1n) is 15.2. The number of anilines is 1. The van der Waals surface area contributed by atoms with Gasteiger partial charge < -0.3 is 20.5 Å². The van der Waals surface area contributed by atoms with Gasteiger partial charge in [0.15, 0.2) is 0 Å². The van der Waals surface area contributed by atoms with Gasteiger partial charge in [0.1, 0.15) is 17.5 Å². The Hall–Kier alpha value is -4.78. The predicted molar refractivity (Wildman–Crippen MR) is 190 cm³/mol. The SMILES string of the molecule is CC(C)(C)c1ccc(CNc2ccc(Oc3ccc(Cl)c(Cl)c3)cc2C(=O)N[C@@H](Cc2ccc(-c3ccccc3)cc2)C(=O)O)cc1. The number of nitrogens with one attached hydrogen (secondary N) is 2. The molecular weight excluding hydrogens is 631 g/mol. The number of carboxylic acids is 1. The van der Waals surface area contributed by atoms with Crippen LogP contribution in [0, 0.1) is 0 Å². The minimum atomic E-state index is -1.16. The number of carbonyl (C=O) groups is 2. The van der Waals surface area contributed by atoms with Crippen molar-refractivity contribution >= 4 is 40.8 Å². The van der Waals surface area contributed by atoms with E-state index in [1.165, 1.54) is 5.56 Å². The number of aliphatic carboxylic acids is 1. The van der Waals surface area contributed by atoms with Gasteiger partial charge >= 0.3 is 5.97 Å². The number of hydrogen-bond acceptors (Lipinski definition) is 4.